The van der Waals surface area contributed by atoms with Crippen LogP contribution in [-0.4, -0.2) is 18.1 Å². The third-order valence-corrected chi connectivity index (χ3v) is 2.61. The fraction of sp³-hybridized carbons (Fsp3) is 0.154. The number of aromatic nitrogens is 1. The number of rotatable bonds is 5. The van der Waals surface area contributed by atoms with Crippen molar-refractivity contribution in [3.05, 3.63) is 36.5 Å². The molecule has 1 aromatic carbocycles. The van der Waals surface area contributed by atoms with Crippen molar-refractivity contribution in [3.63, 3.8) is 0 Å². The minimum Gasteiger partial charge on any atom is -0.399 e. The Labute approximate surface area is 112 Å². The number of nitrogens with zero attached hydrogens (tertiary/aromatic N) is 1. The highest BCUT2D eigenvalue weighted by atomic mass is 15.0. The predicted molar refractivity (Wildman–Crippen MR) is 80.9 cm³/mol. The maximum atomic E-state index is 5.84. The van der Waals surface area contributed by atoms with Crippen LogP contribution in [0.5, 0.6) is 0 Å². The third-order valence-electron chi connectivity index (χ3n) is 2.61. The van der Waals surface area contributed by atoms with Crippen LogP contribution in [0.4, 0.5) is 28.6 Å². The van der Waals surface area contributed by atoms with Gasteiger partial charge in [-0.3, -0.25) is 0 Å². The molecule has 0 aliphatic carbocycles. The van der Waals surface area contributed by atoms with E-state index in [0.29, 0.717) is 17.1 Å². The molecule has 0 aliphatic rings. The van der Waals surface area contributed by atoms with Crippen molar-refractivity contribution < 1.29 is 0 Å². The minimum atomic E-state index is 0.644. The zero-order valence-corrected chi connectivity index (χ0v) is 10.6. The Hall–Kier alpha value is -2.63. The van der Waals surface area contributed by atoms with E-state index in [0.717, 1.165) is 24.6 Å². The van der Waals surface area contributed by atoms with E-state index >= 15 is 0 Å². The second kappa shape index (κ2) is 5.81. The normalized spacial score (nSPS) is 10.1. The summed E-state index contributed by atoms with van der Waals surface area (Å²) in [5.74, 6) is 0.793. The Bertz CT molecular complexity index is 537. The van der Waals surface area contributed by atoms with E-state index in [-0.39, 0.29) is 0 Å². The lowest BCUT2D eigenvalue weighted by molar-refractivity contribution is 1.06. The van der Waals surface area contributed by atoms with E-state index in [1.807, 2.05) is 18.2 Å². The molecular weight excluding hydrogens is 240 g/mol. The average molecular weight is 258 g/mol. The van der Waals surface area contributed by atoms with Gasteiger partial charge in [0.15, 0.2) is 0 Å². The number of nitrogen functional groups attached to an aromatic ring is 3. The highest BCUT2D eigenvalue weighted by Crippen LogP contribution is 2.20. The molecule has 19 heavy (non-hydrogen) atoms. The summed E-state index contributed by atoms with van der Waals surface area (Å²) in [5.41, 5.74) is 19.9. The molecule has 6 heteroatoms. The number of anilines is 5. The van der Waals surface area contributed by atoms with Gasteiger partial charge in [-0.15, -0.1) is 0 Å². The highest BCUT2D eigenvalue weighted by molar-refractivity contribution is 5.70. The van der Waals surface area contributed by atoms with Crippen molar-refractivity contribution in [2.24, 2.45) is 0 Å². The summed E-state index contributed by atoms with van der Waals surface area (Å²) < 4.78 is 0. The lowest BCUT2D eigenvalue weighted by atomic mass is 10.2. The summed E-state index contributed by atoms with van der Waals surface area (Å²) >= 11 is 0. The molecule has 0 aliphatic heterocycles. The van der Waals surface area contributed by atoms with E-state index in [1.54, 1.807) is 18.3 Å². The molecule has 0 saturated carbocycles. The Morgan fingerprint density at radius 1 is 0.895 bits per heavy atom. The minimum absolute atomic E-state index is 0.644. The highest BCUT2D eigenvalue weighted by Gasteiger charge is 1.98. The summed E-state index contributed by atoms with van der Waals surface area (Å²) in [4.78, 5) is 4.15. The molecule has 6 nitrogen and oxygen atoms in total. The average Bonchev–Trinajstić information content (AvgIpc) is 2.39. The maximum absolute atomic E-state index is 5.84. The molecule has 0 radical (unpaired) electrons. The first-order valence-electron chi connectivity index (χ1n) is 5.99. The molecule has 0 spiro atoms. The predicted octanol–water partition coefficient (Wildman–Crippen LogP) is 1.35. The molecule has 2 aromatic rings. The van der Waals surface area contributed by atoms with Crippen LogP contribution in [0.15, 0.2) is 36.5 Å². The Morgan fingerprint density at radius 2 is 1.63 bits per heavy atom. The number of benzene rings is 1. The molecular formula is C13H18N6. The van der Waals surface area contributed by atoms with Crippen molar-refractivity contribution in [1.29, 1.82) is 0 Å². The second-order valence-corrected chi connectivity index (χ2v) is 4.18. The summed E-state index contributed by atoms with van der Waals surface area (Å²) in [6.45, 7) is 1.45. The Balaban J connectivity index is 1.79. The summed E-state index contributed by atoms with van der Waals surface area (Å²) in [7, 11) is 0. The van der Waals surface area contributed by atoms with Gasteiger partial charge in [0, 0.05) is 18.8 Å². The van der Waals surface area contributed by atoms with Gasteiger partial charge in [0.05, 0.1) is 23.3 Å². The van der Waals surface area contributed by atoms with Crippen LogP contribution in [0.3, 0.4) is 0 Å². The largest absolute Gasteiger partial charge is 0.399 e. The van der Waals surface area contributed by atoms with Crippen molar-refractivity contribution in [1.82, 2.24) is 4.98 Å². The molecule has 0 saturated heterocycles. The lowest BCUT2D eigenvalue weighted by Gasteiger charge is -2.11. The fourth-order valence-electron chi connectivity index (χ4n) is 1.64. The first-order valence-corrected chi connectivity index (χ1v) is 5.99. The Kier molecular flexibility index (Phi) is 3.92. The standard InChI is InChI=1S/C13H18N6/c14-9-1-3-12(11(16)7-9)17-5-6-18-13-4-2-10(15)8-19-13/h1-4,7-8,17H,5-6,14-16H2,(H,18,19). The van der Waals surface area contributed by atoms with Gasteiger partial charge in [-0.05, 0) is 30.3 Å². The molecule has 100 valence electrons. The van der Waals surface area contributed by atoms with Gasteiger partial charge < -0.3 is 27.8 Å². The zero-order chi connectivity index (χ0) is 13.7. The molecule has 2 rings (SSSR count). The van der Waals surface area contributed by atoms with Crippen LogP contribution in [0.1, 0.15) is 0 Å². The van der Waals surface area contributed by atoms with Crippen LogP contribution in [0.25, 0.3) is 0 Å². The number of nitrogens with two attached hydrogens (primary N) is 3. The number of hydrogen-bond donors (Lipinski definition) is 5. The first-order chi connectivity index (χ1) is 9.15. The smallest absolute Gasteiger partial charge is 0.126 e. The molecule has 1 heterocycles. The van der Waals surface area contributed by atoms with Crippen LogP contribution in [0, 0.1) is 0 Å². The quantitative estimate of drug-likeness (QED) is 0.408. The maximum Gasteiger partial charge on any atom is 0.126 e. The summed E-state index contributed by atoms with van der Waals surface area (Å²) in [5, 5.41) is 6.40. The number of hydrogen-bond acceptors (Lipinski definition) is 6. The first kappa shape index (κ1) is 12.8. The molecule has 0 atom stereocenters. The van der Waals surface area contributed by atoms with Gasteiger partial charge in [-0.1, -0.05) is 0 Å². The summed E-state index contributed by atoms with van der Waals surface area (Å²) in [6, 6.07) is 9.06. The van der Waals surface area contributed by atoms with E-state index in [1.165, 1.54) is 0 Å². The van der Waals surface area contributed by atoms with Crippen LogP contribution < -0.4 is 27.8 Å². The molecule has 0 fully saturated rings. The van der Waals surface area contributed by atoms with Crippen LogP contribution in [-0.2, 0) is 0 Å². The fourth-order valence-corrected chi connectivity index (χ4v) is 1.64. The van der Waals surface area contributed by atoms with Crippen molar-refractivity contribution in [2.45, 2.75) is 0 Å². The van der Waals surface area contributed by atoms with Crippen molar-refractivity contribution in [3.8, 4) is 0 Å². The van der Waals surface area contributed by atoms with E-state index in [4.69, 9.17) is 17.2 Å². The van der Waals surface area contributed by atoms with E-state index in [2.05, 4.69) is 15.6 Å². The third kappa shape index (κ3) is 3.67. The van der Waals surface area contributed by atoms with Gasteiger partial charge in [-0.2, -0.15) is 0 Å². The number of pyridine rings is 1. The SMILES string of the molecule is Nc1ccc(NCCNc2ccc(N)cc2N)nc1. The molecule has 0 unspecified atom stereocenters. The molecule has 0 bridgehead atoms. The summed E-state index contributed by atoms with van der Waals surface area (Å²) in [6.07, 6.45) is 1.62. The Morgan fingerprint density at radius 3 is 2.32 bits per heavy atom. The number of nitrogens with one attached hydrogen (secondary N) is 2. The zero-order valence-electron chi connectivity index (χ0n) is 10.6. The van der Waals surface area contributed by atoms with Crippen LogP contribution in [0.2, 0.25) is 0 Å². The molecule has 0 amide bonds. The van der Waals surface area contributed by atoms with Gasteiger partial charge >= 0.3 is 0 Å². The molecule has 1 aromatic heterocycles. The van der Waals surface area contributed by atoms with Gasteiger partial charge in [0.25, 0.3) is 0 Å². The van der Waals surface area contributed by atoms with Gasteiger partial charge in [0.2, 0.25) is 0 Å². The second-order valence-electron chi connectivity index (χ2n) is 4.18. The van der Waals surface area contributed by atoms with Gasteiger partial charge in [0.1, 0.15) is 5.82 Å². The molecule has 8 N–H and O–H groups in total. The van der Waals surface area contributed by atoms with Crippen LogP contribution >= 0.6 is 0 Å². The van der Waals surface area contributed by atoms with E-state index in [9.17, 15) is 0 Å². The monoisotopic (exact) mass is 258 g/mol. The van der Waals surface area contributed by atoms with Gasteiger partial charge in [-0.25, -0.2) is 4.98 Å². The van der Waals surface area contributed by atoms with Crippen molar-refractivity contribution >= 4 is 28.6 Å². The van der Waals surface area contributed by atoms with E-state index < -0.39 is 0 Å². The van der Waals surface area contributed by atoms with Crippen molar-refractivity contribution in [2.75, 3.05) is 40.9 Å². The lowest BCUT2D eigenvalue weighted by Crippen LogP contribution is -2.15. The topological polar surface area (TPSA) is 115 Å².